The Kier molecular flexibility index (Phi) is 2.77. The van der Waals surface area contributed by atoms with Crippen LogP contribution in [-0.2, 0) is 14.5 Å². The predicted octanol–water partition coefficient (Wildman–Crippen LogP) is 0.383. The van der Waals surface area contributed by atoms with Crippen molar-refractivity contribution >= 4 is 15.6 Å². The zero-order valence-corrected chi connectivity index (χ0v) is 9.11. The molecule has 0 saturated carbocycles. The fourth-order valence-corrected chi connectivity index (χ4v) is 1.98. The molecule has 1 aliphatic heterocycles. The third kappa shape index (κ3) is 2.77. The quantitative estimate of drug-likeness (QED) is 0.672. The Morgan fingerprint density at radius 1 is 1.54 bits per heavy atom. The molecule has 1 heterocycles. The van der Waals surface area contributed by atoms with Gasteiger partial charge in [-0.05, 0) is 26.3 Å². The van der Waals surface area contributed by atoms with Crippen molar-refractivity contribution in [3.8, 4) is 0 Å². The summed E-state index contributed by atoms with van der Waals surface area (Å²) in [6, 6.07) is 0. The maximum atomic E-state index is 11.6. The van der Waals surface area contributed by atoms with Crippen molar-refractivity contribution in [2.75, 3.05) is 19.1 Å². The summed E-state index contributed by atoms with van der Waals surface area (Å²) in [5.74, 6) is -0.278. The van der Waals surface area contributed by atoms with Crippen molar-refractivity contribution in [3.05, 3.63) is 0 Å². The van der Waals surface area contributed by atoms with Crippen LogP contribution >= 0.6 is 0 Å². The molecule has 1 saturated heterocycles. The first-order valence-electron chi connectivity index (χ1n) is 4.30. The summed E-state index contributed by atoms with van der Waals surface area (Å²) in [7, 11) is -2.31. The van der Waals surface area contributed by atoms with Crippen molar-refractivity contribution in [3.63, 3.8) is 0 Å². The Labute approximate surface area is 79.3 Å². The summed E-state index contributed by atoms with van der Waals surface area (Å²) in [5, 5.41) is 3.09. The van der Waals surface area contributed by atoms with Gasteiger partial charge in [-0.2, -0.15) is 4.36 Å². The fourth-order valence-electron chi connectivity index (χ4n) is 1.38. The predicted molar refractivity (Wildman–Crippen MR) is 53.1 cm³/mol. The van der Waals surface area contributed by atoms with Crippen molar-refractivity contribution in [2.45, 2.75) is 25.3 Å². The minimum absolute atomic E-state index is 0.278. The molecule has 0 aromatic rings. The summed E-state index contributed by atoms with van der Waals surface area (Å²) < 4.78 is 15.0. The molecule has 0 spiro atoms. The first kappa shape index (κ1) is 10.7. The van der Waals surface area contributed by atoms with Gasteiger partial charge in [0.15, 0.2) is 0 Å². The molecular weight excluding hydrogens is 188 g/mol. The number of carbonyl (C=O) groups excluding carboxylic acids is 1. The average molecular weight is 204 g/mol. The summed E-state index contributed by atoms with van der Waals surface area (Å²) in [4.78, 5) is 11.6. The third-order valence-corrected chi connectivity index (χ3v) is 2.75. The normalized spacial score (nSPS) is 28.8. The Bertz CT molecular complexity index is 315. The standard InChI is InChI=1S/C8H16N2O2S/c1-8(5-4-6-9-8)7(11)10-13(2,3)12/h9H,4-6H2,1-3H3. The van der Waals surface area contributed by atoms with E-state index in [4.69, 9.17) is 0 Å². The highest BCUT2D eigenvalue weighted by Crippen LogP contribution is 2.20. The lowest BCUT2D eigenvalue weighted by Gasteiger charge is -2.19. The van der Waals surface area contributed by atoms with Gasteiger partial charge >= 0.3 is 0 Å². The largest absolute Gasteiger partial charge is 0.303 e. The molecular formula is C8H16N2O2S. The van der Waals surface area contributed by atoms with Crippen LogP contribution in [0.3, 0.4) is 0 Å². The number of hydrogen-bond donors (Lipinski definition) is 1. The van der Waals surface area contributed by atoms with Gasteiger partial charge in [0, 0.05) is 22.2 Å². The van der Waals surface area contributed by atoms with E-state index in [2.05, 4.69) is 9.68 Å². The highest BCUT2D eigenvalue weighted by molar-refractivity contribution is 7.92. The van der Waals surface area contributed by atoms with E-state index in [0.29, 0.717) is 0 Å². The molecule has 1 N–H and O–H groups in total. The molecule has 5 heteroatoms. The number of hydrogen-bond acceptors (Lipinski definition) is 3. The van der Waals surface area contributed by atoms with Gasteiger partial charge in [-0.15, -0.1) is 0 Å². The topological polar surface area (TPSA) is 58.5 Å². The van der Waals surface area contributed by atoms with Crippen LogP contribution in [0.25, 0.3) is 0 Å². The van der Waals surface area contributed by atoms with E-state index in [0.717, 1.165) is 19.4 Å². The minimum atomic E-state index is -2.31. The van der Waals surface area contributed by atoms with E-state index in [-0.39, 0.29) is 5.91 Å². The highest BCUT2D eigenvalue weighted by atomic mass is 32.2. The average Bonchev–Trinajstić information content (AvgIpc) is 2.33. The van der Waals surface area contributed by atoms with E-state index in [9.17, 15) is 9.00 Å². The summed E-state index contributed by atoms with van der Waals surface area (Å²) in [6.45, 7) is 2.66. The zero-order chi connectivity index (χ0) is 10.1. The van der Waals surface area contributed by atoms with E-state index in [1.807, 2.05) is 6.92 Å². The second-order valence-corrected chi connectivity index (χ2v) is 6.49. The molecule has 13 heavy (non-hydrogen) atoms. The second-order valence-electron chi connectivity index (χ2n) is 3.94. The molecule has 0 bridgehead atoms. The third-order valence-electron chi connectivity index (χ3n) is 2.14. The second kappa shape index (κ2) is 3.38. The highest BCUT2D eigenvalue weighted by Gasteiger charge is 2.36. The Morgan fingerprint density at radius 3 is 2.54 bits per heavy atom. The van der Waals surface area contributed by atoms with Gasteiger partial charge < -0.3 is 5.32 Å². The lowest BCUT2D eigenvalue weighted by Crippen LogP contribution is -2.43. The Morgan fingerprint density at radius 2 is 2.15 bits per heavy atom. The molecule has 76 valence electrons. The molecule has 4 nitrogen and oxygen atoms in total. The smallest absolute Gasteiger partial charge is 0.273 e. The molecule has 1 atom stereocenters. The van der Waals surface area contributed by atoms with E-state index in [1.54, 1.807) is 0 Å². The first-order chi connectivity index (χ1) is 5.83. The molecule has 1 aliphatic rings. The molecule has 1 fully saturated rings. The minimum Gasteiger partial charge on any atom is -0.303 e. The van der Waals surface area contributed by atoms with Crippen molar-refractivity contribution in [1.82, 2.24) is 5.32 Å². The summed E-state index contributed by atoms with van der Waals surface area (Å²) in [6.07, 6.45) is 4.71. The van der Waals surface area contributed by atoms with Crippen LogP contribution in [0, 0.1) is 0 Å². The maximum Gasteiger partial charge on any atom is 0.273 e. The molecule has 0 aliphatic carbocycles. The van der Waals surface area contributed by atoms with Crippen molar-refractivity contribution in [1.29, 1.82) is 0 Å². The lowest BCUT2D eigenvalue weighted by molar-refractivity contribution is -0.122. The lowest BCUT2D eigenvalue weighted by atomic mass is 10.0. The maximum absolute atomic E-state index is 11.6. The number of nitrogens with zero attached hydrogens (tertiary/aromatic N) is 1. The monoisotopic (exact) mass is 204 g/mol. The van der Waals surface area contributed by atoms with Crippen LogP contribution in [-0.4, -0.2) is 34.7 Å². The van der Waals surface area contributed by atoms with Gasteiger partial charge in [-0.1, -0.05) is 0 Å². The van der Waals surface area contributed by atoms with Gasteiger partial charge in [0.2, 0.25) is 0 Å². The molecule has 0 radical (unpaired) electrons. The molecule has 0 aromatic carbocycles. The summed E-state index contributed by atoms with van der Waals surface area (Å²) >= 11 is 0. The summed E-state index contributed by atoms with van der Waals surface area (Å²) in [5.41, 5.74) is -0.575. The number of rotatable bonds is 1. The van der Waals surface area contributed by atoms with Crippen LogP contribution < -0.4 is 5.32 Å². The van der Waals surface area contributed by atoms with E-state index in [1.165, 1.54) is 12.5 Å². The first-order valence-corrected chi connectivity index (χ1v) is 6.63. The fraction of sp³-hybridized carbons (Fsp3) is 0.875. The van der Waals surface area contributed by atoms with Crippen molar-refractivity contribution in [2.24, 2.45) is 4.36 Å². The molecule has 1 rings (SSSR count). The zero-order valence-electron chi connectivity index (χ0n) is 8.29. The van der Waals surface area contributed by atoms with Crippen LogP contribution in [0.4, 0.5) is 0 Å². The van der Waals surface area contributed by atoms with Crippen LogP contribution in [0.1, 0.15) is 19.8 Å². The van der Waals surface area contributed by atoms with Gasteiger partial charge in [0.05, 0.1) is 5.54 Å². The van der Waals surface area contributed by atoms with Crippen LogP contribution in [0.2, 0.25) is 0 Å². The Balaban J connectivity index is 2.85. The Hall–Kier alpha value is -0.420. The van der Waals surface area contributed by atoms with Gasteiger partial charge in [-0.3, -0.25) is 4.79 Å². The number of carbonyl (C=O) groups is 1. The number of nitrogens with one attached hydrogen (secondary N) is 1. The van der Waals surface area contributed by atoms with E-state index >= 15 is 0 Å². The van der Waals surface area contributed by atoms with Gasteiger partial charge in [0.25, 0.3) is 5.91 Å². The molecule has 1 unspecified atom stereocenters. The SMILES string of the molecule is CC1(C(=O)N=S(C)(C)=O)CCCN1. The number of amides is 1. The van der Waals surface area contributed by atoms with Crippen molar-refractivity contribution < 1.29 is 9.00 Å². The van der Waals surface area contributed by atoms with Crippen LogP contribution in [0.15, 0.2) is 4.36 Å². The molecule has 1 amide bonds. The van der Waals surface area contributed by atoms with E-state index < -0.39 is 15.3 Å². The van der Waals surface area contributed by atoms with Gasteiger partial charge in [0.1, 0.15) is 0 Å². The van der Waals surface area contributed by atoms with Gasteiger partial charge in [-0.25, -0.2) is 4.21 Å². The molecule has 0 aromatic heterocycles. The van der Waals surface area contributed by atoms with Crippen LogP contribution in [0.5, 0.6) is 0 Å².